The summed E-state index contributed by atoms with van der Waals surface area (Å²) in [4.78, 5) is 0. The Kier molecular flexibility index (Phi) is 2.93. The number of rotatable bonds is 1. The average molecular weight is 279 g/mol. The van der Waals surface area contributed by atoms with E-state index in [0.29, 0.717) is 0 Å². The summed E-state index contributed by atoms with van der Waals surface area (Å²) < 4.78 is 13.1. The Labute approximate surface area is 124 Å². The number of hydrogen-bond acceptors (Lipinski definition) is 1. The molecule has 21 heavy (non-hydrogen) atoms. The maximum atomic E-state index is 13.1. The molecule has 2 aromatic carbocycles. The molecule has 2 unspecified atom stereocenters. The summed E-state index contributed by atoms with van der Waals surface area (Å²) in [6.07, 6.45) is 6.78. The van der Waals surface area contributed by atoms with Crippen LogP contribution in [0.2, 0.25) is 0 Å². The van der Waals surface area contributed by atoms with Gasteiger partial charge >= 0.3 is 0 Å². The fraction of sp³-hybridized carbons (Fsp3) is 0.263. The number of benzene rings is 2. The van der Waals surface area contributed by atoms with Gasteiger partial charge in [-0.05, 0) is 48.2 Å². The summed E-state index contributed by atoms with van der Waals surface area (Å²) in [6, 6.07) is 15.9. The lowest BCUT2D eigenvalue weighted by Gasteiger charge is -2.39. The van der Waals surface area contributed by atoms with E-state index >= 15 is 0 Å². The molecule has 2 heteroatoms. The fourth-order valence-corrected chi connectivity index (χ4v) is 3.77. The molecule has 1 aliphatic carbocycles. The van der Waals surface area contributed by atoms with E-state index < -0.39 is 0 Å². The van der Waals surface area contributed by atoms with Gasteiger partial charge in [0.25, 0.3) is 0 Å². The van der Waals surface area contributed by atoms with Crippen molar-refractivity contribution in [1.29, 1.82) is 0 Å². The maximum Gasteiger partial charge on any atom is 0.123 e. The number of hydrogen-bond donors (Lipinski definition) is 1. The minimum absolute atomic E-state index is 0.140. The van der Waals surface area contributed by atoms with Crippen molar-refractivity contribution in [2.45, 2.75) is 24.3 Å². The molecular weight excluding hydrogens is 261 g/mol. The molecule has 2 aliphatic rings. The highest BCUT2D eigenvalue weighted by Crippen LogP contribution is 2.46. The molecule has 1 saturated heterocycles. The summed E-state index contributed by atoms with van der Waals surface area (Å²) in [7, 11) is 0. The first-order valence-electron chi connectivity index (χ1n) is 7.54. The van der Waals surface area contributed by atoms with E-state index in [4.69, 9.17) is 0 Å². The number of halogens is 1. The van der Waals surface area contributed by atoms with Crippen LogP contribution in [0.15, 0.2) is 54.6 Å². The van der Waals surface area contributed by atoms with Crippen molar-refractivity contribution in [2.75, 3.05) is 6.54 Å². The fourth-order valence-electron chi connectivity index (χ4n) is 3.77. The first kappa shape index (κ1) is 12.8. The Morgan fingerprint density at radius 3 is 2.71 bits per heavy atom. The number of piperidine rings is 1. The number of allylic oxidation sites excluding steroid dienone is 1. The standard InChI is InChI=1S/C19H18FN/c20-16-7-5-15(6-8-16)18-13-19(11-12-21-18)10-9-14-3-1-2-4-17(14)19/h1-10,18,21H,11-13H2. The van der Waals surface area contributed by atoms with Crippen LogP contribution in [0.1, 0.15) is 35.6 Å². The van der Waals surface area contributed by atoms with E-state index in [-0.39, 0.29) is 17.3 Å². The van der Waals surface area contributed by atoms with Gasteiger partial charge in [-0.3, -0.25) is 0 Å². The number of nitrogens with one attached hydrogen (secondary N) is 1. The molecule has 2 aromatic rings. The van der Waals surface area contributed by atoms with Gasteiger partial charge in [0.05, 0.1) is 0 Å². The zero-order valence-corrected chi connectivity index (χ0v) is 11.9. The topological polar surface area (TPSA) is 12.0 Å². The molecule has 0 saturated carbocycles. The monoisotopic (exact) mass is 279 g/mol. The van der Waals surface area contributed by atoms with Gasteiger partial charge in [-0.2, -0.15) is 0 Å². The molecule has 0 radical (unpaired) electrons. The van der Waals surface area contributed by atoms with Crippen LogP contribution in [0.3, 0.4) is 0 Å². The Hall–Kier alpha value is -1.93. The SMILES string of the molecule is Fc1ccc(C2CC3(C=Cc4ccccc43)CCN2)cc1. The van der Waals surface area contributed by atoms with E-state index in [1.165, 1.54) is 16.7 Å². The highest BCUT2D eigenvalue weighted by molar-refractivity contribution is 5.65. The Morgan fingerprint density at radius 2 is 1.86 bits per heavy atom. The van der Waals surface area contributed by atoms with Crippen LogP contribution < -0.4 is 5.32 Å². The molecule has 0 amide bonds. The predicted molar refractivity (Wildman–Crippen MR) is 83.5 cm³/mol. The minimum atomic E-state index is -0.171. The van der Waals surface area contributed by atoms with Gasteiger partial charge in [0.1, 0.15) is 5.82 Å². The summed E-state index contributed by atoms with van der Waals surface area (Å²) in [5, 5.41) is 3.58. The highest BCUT2D eigenvalue weighted by atomic mass is 19.1. The van der Waals surface area contributed by atoms with Crippen molar-refractivity contribution >= 4 is 6.08 Å². The lowest BCUT2D eigenvalue weighted by molar-refractivity contribution is 0.307. The molecule has 1 aliphatic heterocycles. The predicted octanol–water partition coefficient (Wildman–Crippen LogP) is 4.22. The van der Waals surface area contributed by atoms with Crippen molar-refractivity contribution in [3.8, 4) is 0 Å². The Morgan fingerprint density at radius 1 is 1.05 bits per heavy atom. The second-order valence-corrected chi connectivity index (χ2v) is 6.09. The van der Waals surface area contributed by atoms with Crippen LogP contribution in [0.25, 0.3) is 6.08 Å². The lowest BCUT2D eigenvalue weighted by Crippen LogP contribution is -2.40. The summed E-state index contributed by atoms with van der Waals surface area (Å²) in [5.41, 5.74) is 4.10. The largest absolute Gasteiger partial charge is 0.310 e. The highest BCUT2D eigenvalue weighted by Gasteiger charge is 2.39. The van der Waals surface area contributed by atoms with Crippen LogP contribution >= 0.6 is 0 Å². The normalized spacial score (nSPS) is 27.0. The Balaban J connectivity index is 1.68. The number of fused-ring (bicyclic) bond motifs is 2. The zero-order valence-electron chi connectivity index (χ0n) is 11.9. The second-order valence-electron chi connectivity index (χ2n) is 6.09. The van der Waals surface area contributed by atoms with Crippen molar-refractivity contribution < 1.29 is 4.39 Å². The molecule has 0 bridgehead atoms. The van der Waals surface area contributed by atoms with Gasteiger partial charge in [-0.25, -0.2) is 4.39 Å². The smallest absolute Gasteiger partial charge is 0.123 e. The lowest BCUT2D eigenvalue weighted by atomic mass is 9.71. The quantitative estimate of drug-likeness (QED) is 0.824. The first-order valence-corrected chi connectivity index (χ1v) is 7.54. The van der Waals surface area contributed by atoms with Crippen LogP contribution in [0.4, 0.5) is 4.39 Å². The molecule has 2 atom stereocenters. The van der Waals surface area contributed by atoms with Gasteiger partial charge in [-0.15, -0.1) is 0 Å². The minimum Gasteiger partial charge on any atom is -0.310 e. The van der Waals surface area contributed by atoms with Crippen molar-refractivity contribution in [1.82, 2.24) is 5.32 Å². The molecule has 0 aromatic heterocycles. The maximum absolute atomic E-state index is 13.1. The van der Waals surface area contributed by atoms with Crippen LogP contribution in [0, 0.1) is 5.82 Å². The van der Waals surface area contributed by atoms with Crippen LogP contribution in [-0.4, -0.2) is 6.54 Å². The van der Waals surface area contributed by atoms with Gasteiger partial charge in [0.2, 0.25) is 0 Å². The molecule has 106 valence electrons. The molecule has 1 N–H and O–H groups in total. The summed E-state index contributed by atoms with van der Waals surface area (Å²) in [5.74, 6) is -0.171. The van der Waals surface area contributed by atoms with Gasteiger partial charge in [-0.1, -0.05) is 48.6 Å². The molecule has 1 fully saturated rings. The van der Waals surface area contributed by atoms with E-state index in [0.717, 1.165) is 19.4 Å². The molecule has 1 nitrogen and oxygen atoms in total. The zero-order chi connectivity index (χ0) is 14.3. The summed E-state index contributed by atoms with van der Waals surface area (Å²) >= 11 is 0. The second kappa shape index (κ2) is 4.81. The van der Waals surface area contributed by atoms with Crippen LogP contribution in [0.5, 0.6) is 0 Å². The van der Waals surface area contributed by atoms with Crippen molar-refractivity contribution in [3.05, 3.63) is 77.1 Å². The van der Waals surface area contributed by atoms with Crippen molar-refractivity contribution in [2.24, 2.45) is 0 Å². The third-order valence-corrected chi connectivity index (χ3v) is 4.88. The van der Waals surface area contributed by atoms with E-state index in [1.807, 2.05) is 12.1 Å². The van der Waals surface area contributed by atoms with Crippen LogP contribution in [-0.2, 0) is 5.41 Å². The summed E-state index contributed by atoms with van der Waals surface area (Å²) in [6.45, 7) is 0.987. The first-order chi connectivity index (χ1) is 10.3. The third kappa shape index (κ3) is 2.11. The molecule has 4 rings (SSSR count). The molecule has 1 spiro atoms. The van der Waals surface area contributed by atoms with Crippen molar-refractivity contribution in [3.63, 3.8) is 0 Å². The molecular formula is C19H18FN. The van der Waals surface area contributed by atoms with E-state index in [1.54, 1.807) is 12.1 Å². The van der Waals surface area contributed by atoms with E-state index in [2.05, 4.69) is 41.7 Å². The van der Waals surface area contributed by atoms with Gasteiger partial charge in [0.15, 0.2) is 0 Å². The van der Waals surface area contributed by atoms with Gasteiger partial charge in [0, 0.05) is 11.5 Å². The molecule has 1 heterocycles. The Bertz CT molecular complexity index is 689. The average Bonchev–Trinajstić information content (AvgIpc) is 2.87. The van der Waals surface area contributed by atoms with E-state index in [9.17, 15) is 4.39 Å². The van der Waals surface area contributed by atoms with Gasteiger partial charge < -0.3 is 5.32 Å². The third-order valence-electron chi connectivity index (χ3n) is 4.88.